The van der Waals surface area contributed by atoms with Gasteiger partial charge in [0.15, 0.2) is 0 Å². The molecule has 1 heterocycles. The van der Waals surface area contributed by atoms with Crippen LogP contribution < -0.4 is 10.2 Å². The maximum atomic E-state index is 13.5. The van der Waals surface area contributed by atoms with Crippen molar-refractivity contribution in [2.75, 3.05) is 20.2 Å². The summed E-state index contributed by atoms with van der Waals surface area (Å²) in [4.78, 5) is 13.0. The molecule has 0 bridgehead atoms. The Bertz CT molecular complexity index is 1640. The predicted octanol–water partition coefficient (Wildman–Crippen LogP) is 5.10. The molecule has 214 valence electrons. The van der Waals surface area contributed by atoms with Crippen LogP contribution in [0.3, 0.4) is 0 Å². The fourth-order valence-corrected chi connectivity index (χ4v) is 6.03. The van der Waals surface area contributed by atoms with E-state index in [4.69, 9.17) is 4.74 Å². The molecule has 8 nitrogen and oxygen atoms in total. The van der Waals surface area contributed by atoms with Gasteiger partial charge in [-0.05, 0) is 93.3 Å². The lowest BCUT2D eigenvalue weighted by molar-refractivity contribution is -0.121. The molecule has 9 heteroatoms. The topological polar surface area (TPSA) is 93.0 Å². The molecule has 0 saturated carbocycles. The molecule has 0 spiro atoms. The number of benzene rings is 3. The van der Waals surface area contributed by atoms with E-state index in [1.54, 1.807) is 18.3 Å². The van der Waals surface area contributed by atoms with Gasteiger partial charge in [0, 0.05) is 29.2 Å². The van der Waals surface area contributed by atoms with E-state index in [9.17, 15) is 13.2 Å². The normalized spacial score (nSPS) is 11.8. The van der Waals surface area contributed by atoms with Gasteiger partial charge in [-0.1, -0.05) is 36.4 Å². The highest BCUT2D eigenvalue weighted by atomic mass is 32.2. The molecule has 4 rings (SSSR count). The van der Waals surface area contributed by atoms with Crippen LogP contribution in [0, 0.1) is 27.7 Å². The summed E-state index contributed by atoms with van der Waals surface area (Å²) in [5.41, 5.74) is 9.85. The van der Waals surface area contributed by atoms with Gasteiger partial charge < -0.3 is 9.30 Å². The molecule has 3 aromatic carbocycles. The van der Waals surface area contributed by atoms with Crippen LogP contribution in [0.1, 0.15) is 33.6 Å². The van der Waals surface area contributed by atoms with Crippen LogP contribution in [-0.2, 0) is 21.2 Å². The lowest BCUT2D eigenvalue weighted by Crippen LogP contribution is -2.40. The number of nitrogens with one attached hydrogen (secondary N) is 1. The Morgan fingerprint density at radius 3 is 2.32 bits per heavy atom. The second-order valence-corrected chi connectivity index (χ2v) is 11.9. The van der Waals surface area contributed by atoms with Gasteiger partial charge in [0.1, 0.15) is 5.75 Å². The van der Waals surface area contributed by atoms with Crippen molar-refractivity contribution in [1.82, 2.24) is 14.3 Å². The number of methoxy groups -OCH3 is 1. The maximum absolute atomic E-state index is 13.5. The van der Waals surface area contributed by atoms with Crippen molar-refractivity contribution < 1.29 is 17.9 Å². The van der Waals surface area contributed by atoms with Crippen molar-refractivity contribution >= 4 is 22.1 Å². The zero-order chi connectivity index (χ0) is 29.6. The molecule has 0 atom stereocenters. The molecule has 0 aliphatic carbocycles. The lowest BCUT2D eigenvalue weighted by atomic mass is 10.1. The van der Waals surface area contributed by atoms with Crippen molar-refractivity contribution in [3.8, 4) is 11.4 Å². The molecule has 0 saturated heterocycles. The largest absolute Gasteiger partial charge is 0.497 e. The average Bonchev–Trinajstić information content (AvgIpc) is 3.25. The Balaban J connectivity index is 1.50. The Kier molecular flexibility index (Phi) is 9.42. The molecule has 1 aromatic heterocycles. The number of hydrogen-bond donors (Lipinski definition) is 1. The Morgan fingerprint density at radius 2 is 1.66 bits per heavy atom. The number of carbonyl (C=O) groups excluding carboxylic acids is 1. The van der Waals surface area contributed by atoms with Crippen molar-refractivity contribution in [2.24, 2.45) is 5.10 Å². The van der Waals surface area contributed by atoms with E-state index in [0.717, 1.165) is 28.2 Å². The van der Waals surface area contributed by atoms with Gasteiger partial charge in [-0.15, -0.1) is 0 Å². The number of rotatable bonds is 11. The average molecular weight is 573 g/mol. The summed E-state index contributed by atoms with van der Waals surface area (Å²) in [6, 6.07) is 24.0. The van der Waals surface area contributed by atoms with Crippen LogP contribution in [-0.4, -0.2) is 49.6 Å². The predicted molar refractivity (Wildman–Crippen MR) is 162 cm³/mol. The van der Waals surface area contributed by atoms with E-state index < -0.39 is 15.9 Å². The van der Waals surface area contributed by atoms with E-state index in [-0.39, 0.29) is 18.0 Å². The monoisotopic (exact) mass is 572 g/mol. The maximum Gasteiger partial charge on any atom is 0.255 e. The van der Waals surface area contributed by atoms with E-state index >= 15 is 0 Å². The molecule has 0 aliphatic rings. The van der Waals surface area contributed by atoms with Gasteiger partial charge in [-0.3, -0.25) is 4.79 Å². The van der Waals surface area contributed by atoms with E-state index in [0.29, 0.717) is 12.2 Å². The van der Waals surface area contributed by atoms with Gasteiger partial charge in [0.05, 0.1) is 24.8 Å². The molecule has 0 radical (unpaired) electrons. The minimum absolute atomic E-state index is 0.0847. The highest BCUT2D eigenvalue weighted by molar-refractivity contribution is 7.89. The summed E-state index contributed by atoms with van der Waals surface area (Å²) in [7, 11) is -2.44. The van der Waals surface area contributed by atoms with Crippen LogP contribution in [0.2, 0.25) is 0 Å². The number of aromatic nitrogens is 1. The number of nitrogens with zero attached hydrogens (tertiary/aromatic N) is 3. The summed E-state index contributed by atoms with van der Waals surface area (Å²) in [6.07, 6.45) is 2.04. The number of aryl methyl sites for hydroxylation is 3. The third-order valence-electron chi connectivity index (χ3n) is 7.12. The number of ether oxygens (including phenoxy) is 1. The van der Waals surface area contributed by atoms with Gasteiger partial charge >= 0.3 is 0 Å². The van der Waals surface area contributed by atoms with Crippen molar-refractivity contribution in [3.05, 3.63) is 113 Å². The fourth-order valence-electron chi connectivity index (χ4n) is 4.63. The zero-order valence-corrected chi connectivity index (χ0v) is 24.9. The third kappa shape index (κ3) is 7.11. The molecule has 1 amide bonds. The van der Waals surface area contributed by atoms with Crippen LogP contribution in [0.25, 0.3) is 5.69 Å². The molecular formula is C32H36N4O4S. The minimum atomic E-state index is -3.95. The first kappa shape index (κ1) is 29.8. The molecular weight excluding hydrogens is 536 g/mol. The highest BCUT2D eigenvalue weighted by Crippen LogP contribution is 2.22. The number of amides is 1. The summed E-state index contributed by atoms with van der Waals surface area (Å²) < 4.78 is 35.5. The summed E-state index contributed by atoms with van der Waals surface area (Å²) in [5.74, 6) is 0.0121. The third-order valence-corrected chi connectivity index (χ3v) is 8.98. The van der Waals surface area contributed by atoms with Gasteiger partial charge in [-0.25, -0.2) is 13.8 Å². The molecule has 41 heavy (non-hydrogen) atoms. The standard InChI is InChI=1S/C32H36N4O4S/c1-23-11-12-29(19-24(23)2)36-25(3)20-28(26(36)4)21-33-34-32(37)22-35(18-17-27-9-7-6-8-10-27)41(38,39)31-15-13-30(40-5)14-16-31/h6-16,19-21H,17-18,22H2,1-5H3,(H,34,37)/b33-21+. The van der Waals surface area contributed by atoms with Gasteiger partial charge in [-0.2, -0.15) is 9.41 Å². The lowest BCUT2D eigenvalue weighted by Gasteiger charge is -2.21. The summed E-state index contributed by atoms with van der Waals surface area (Å²) in [6.45, 7) is 7.95. The fraction of sp³-hybridized carbons (Fsp3) is 0.250. The molecule has 0 aliphatic heterocycles. The quantitative estimate of drug-likeness (QED) is 0.200. The van der Waals surface area contributed by atoms with E-state index in [1.807, 2.05) is 50.2 Å². The second-order valence-electron chi connectivity index (χ2n) is 9.97. The first-order valence-electron chi connectivity index (χ1n) is 13.4. The van der Waals surface area contributed by atoms with Crippen molar-refractivity contribution in [2.45, 2.75) is 39.0 Å². The Hall–Kier alpha value is -4.21. The van der Waals surface area contributed by atoms with Crippen LogP contribution >= 0.6 is 0 Å². The zero-order valence-electron chi connectivity index (χ0n) is 24.1. The number of hydrogen-bond acceptors (Lipinski definition) is 5. The number of carbonyl (C=O) groups is 1. The SMILES string of the molecule is COc1ccc(S(=O)(=O)N(CCc2ccccc2)CC(=O)N/N=C/c2cc(C)n(-c3ccc(C)c(C)c3)c2C)cc1. The van der Waals surface area contributed by atoms with Gasteiger partial charge in [0.25, 0.3) is 5.91 Å². The van der Waals surface area contributed by atoms with Crippen LogP contribution in [0.5, 0.6) is 5.75 Å². The Labute approximate surface area is 242 Å². The Morgan fingerprint density at radius 1 is 0.951 bits per heavy atom. The van der Waals surface area contributed by atoms with E-state index in [2.05, 4.69) is 47.1 Å². The second kappa shape index (κ2) is 13.0. The number of sulfonamides is 1. The molecule has 0 fully saturated rings. The number of hydrazone groups is 1. The first-order chi connectivity index (χ1) is 19.6. The minimum Gasteiger partial charge on any atom is -0.497 e. The summed E-state index contributed by atoms with van der Waals surface area (Å²) in [5, 5.41) is 4.16. The van der Waals surface area contributed by atoms with Crippen molar-refractivity contribution in [3.63, 3.8) is 0 Å². The molecule has 4 aromatic rings. The molecule has 1 N–H and O–H groups in total. The molecule has 0 unspecified atom stereocenters. The van der Waals surface area contributed by atoms with Gasteiger partial charge in [0.2, 0.25) is 10.0 Å². The summed E-state index contributed by atoms with van der Waals surface area (Å²) >= 11 is 0. The van der Waals surface area contributed by atoms with E-state index in [1.165, 1.54) is 34.7 Å². The smallest absolute Gasteiger partial charge is 0.255 e. The van der Waals surface area contributed by atoms with Crippen LogP contribution in [0.15, 0.2) is 88.9 Å². The highest BCUT2D eigenvalue weighted by Gasteiger charge is 2.26. The first-order valence-corrected chi connectivity index (χ1v) is 14.8. The van der Waals surface area contributed by atoms with Crippen molar-refractivity contribution in [1.29, 1.82) is 0 Å². The van der Waals surface area contributed by atoms with Crippen LogP contribution in [0.4, 0.5) is 0 Å².